The Morgan fingerprint density at radius 1 is 1.13 bits per heavy atom. The van der Waals surface area contributed by atoms with Crippen molar-refractivity contribution in [1.29, 1.82) is 0 Å². The molecule has 1 nitrogen and oxygen atoms in total. The van der Waals surface area contributed by atoms with Gasteiger partial charge in [-0.15, -0.1) is 11.8 Å². The van der Waals surface area contributed by atoms with Crippen LogP contribution in [0.15, 0.2) is 0 Å². The lowest BCUT2D eigenvalue weighted by molar-refractivity contribution is 0.304. The highest BCUT2D eigenvalue weighted by molar-refractivity contribution is 8.01. The van der Waals surface area contributed by atoms with Crippen LogP contribution in [0.5, 0.6) is 0 Å². The van der Waals surface area contributed by atoms with Gasteiger partial charge in [0.25, 0.3) is 0 Å². The smallest absolute Gasteiger partial charge is 0.0648 e. The van der Waals surface area contributed by atoms with Gasteiger partial charge in [-0.1, -0.05) is 27.2 Å². The summed E-state index contributed by atoms with van der Waals surface area (Å²) < 4.78 is 0. The van der Waals surface area contributed by atoms with Crippen LogP contribution in [0.25, 0.3) is 0 Å². The molecule has 1 aliphatic carbocycles. The van der Waals surface area contributed by atoms with E-state index in [-0.39, 0.29) is 0 Å². The fourth-order valence-corrected chi connectivity index (χ4v) is 4.60. The molecule has 2 unspecified atom stereocenters. The van der Waals surface area contributed by atoms with Crippen LogP contribution in [0.1, 0.15) is 59.3 Å². The van der Waals surface area contributed by atoms with Gasteiger partial charge in [-0.3, -0.25) is 0 Å². The maximum atomic E-state index is 3.81. The summed E-state index contributed by atoms with van der Waals surface area (Å²) in [5, 5.41) is 4.66. The van der Waals surface area contributed by atoms with Gasteiger partial charge in [0, 0.05) is 5.25 Å². The van der Waals surface area contributed by atoms with E-state index < -0.39 is 0 Å². The molecule has 0 radical (unpaired) electrons. The van der Waals surface area contributed by atoms with E-state index in [0.29, 0.717) is 10.3 Å². The standard InChI is InChI=1S/C13H25NS/c1-11-5-10-14-13(15-11)7-4-6-12(2,3)8-9-13/h11,14H,4-10H2,1-3H3. The monoisotopic (exact) mass is 227 g/mol. The largest absolute Gasteiger partial charge is 0.303 e. The van der Waals surface area contributed by atoms with Crippen LogP contribution in [0.2, 0.25) is 0 Å². The Morgan fingerprint density at radius 2 is 1.93 bits per heavy atom. The van der Waals surface area contributed by atoms with Gasteiger partial charge in [0.2, 0.25) is 0 Å². The van der Waals surface area contributed by atoms with Gasteiger partial charge in [0.15, 0.2) is 0 Å². The molecule has 1 spiro atoms. The average Bonchev–Trinajstić information content (AvgIpc) is 2.27. The minimum atomic E-state index is 0.436. The Hall–Kier alpha value is 0.310. The van der Waals surface area contributed by atoms with Crippen molar-refractivity contribution in [2.24, 2.45) is 5.41 Å². The number of thioether (sulfide) groups is 1. The Kier molecular flexibility index (Phi) is 3.37. The summed E-state index contributed by atoms with van der Waals surface area (Å²) in [5.74, 6) is 0. The quantitative estimate of drug-likeness (QED) is 0.676. The fraction of sp³-hybridized carbons (Fsp3) is 1.00. The molecule has 2 heteroatoms. The molecule has 0 aromatic carbocycles. The summed E-state index contributed by atoms with van der Waals surface area (Å²) in [5.41, 5.74) is 0.576. The molecule has 1 N–H and O–H groups in total. The molecule has 2 rings (SSSR count). The second kappa shape index (κ2) is 4.29. The van der Waals surface area contributed by atoms with Crippen LogP contribution in [-0.2, 0) is 0 Å². The second-order valence-electron chi connectivity index (χ2n) is 6.16. The number of hydrogen-bond donors (Lipinski definition) is 1. The van der Waals surface area contributed by atoms with Crippen LogP contribution in [0.4, 0.5) is 0 Å². The first-order valence-electron chi connectivity index (χ1n) is 6.44. The molecule has 88 valence electrons. The third kappa shape index (κ3) is 2.91. The summed E-state index contributed by atoms with van der Waals surface area (Å²) >= 11 is 2.21. The summed E-state index contributed by atoms with van der Waals surface area (Å²) in [6, 6.07) is 0. The van der Waals surface area contributed by atoms with E-state index >= 15 is 0 Å². The van der Waals surface area contributed by atoms with E-state index in [4.69, 9.17) is 0 Å². The van der Waals surface area contributed by atoms with E-state index in [0.717, 1.165) is 5.25 Å². The van der Waals surface area contributed by atoms with E-state index in [9.17, 15) is 0 Å². The van der Waals surface area contributed by atoms with Gasteiger partial charge in [0.05, 0.1) is 4.87 Å². The molecular formula is C13H25NS. The van der Waals surface area contributed by atoms with Crippen molar-refractivity contribution in [3.63, 3.8) is 0 Å². The molecule has 0 aromatic rings. The Morgan fingerprint density at radius 3 is 2.67 bits per heavy atom. The molecule has 2 fully saturated rings. The van der Waals surface area contributed by atoms with Crippen molar-refractivity contribution in [3.05, 3.63) is 0 Å². The number of rotatable bonds is 0. The first kappa shape index (κ1) is 11.8. The van der Waals surface area contributed by atoms with Gasteiger partial charge in [-0.2, -0.15) is 0 Å². The van der Waals surface area contributed by atoms with Crippen LogP contribution in [0.3, 0.4) is 0 Å². The SMILES string of the molecule is CC1CCNC2(CCCC(C)(C)CC2)S1. The summed E-state index contributed by atoms with van der Waals surface area (Å²) in [6.07, 6.45) is 8.29. The van der Waals surface area contributed by atoms with Crippen molar-refractivity contribution in [3.8, 4) is 0 Å². The topological polar surface area (TPSA) is 12.0 Å². The first-order chi connectivity index (χ1) is 7.02. The molecule has 1 saturated heterocycles. The lowest BCUT2D eigenvalue weighted by Crippen LogP contribution is -2.47. The van der Waals surface area contributed by atoms with Crippen LogP contribution in [-0.4, -0.2) is 16.7 Å². The van der Waals surface area contributed by atoms with Crippen molar-refractivity contribution < 1.29 is 0 Å². The first-order valence-corrected chi connectivity index (χ1v) is 7.32. The lowest BCUT2D eigenvalue weighted by Gasteiger charge is -2.40. The zero-order valence-electron chi connectivity index (χ0n) is 10.4. The van der Waals surface area contributed by atoms with Gasteiger partial charge in [-0.05, 0) is 44.1 Å². The highest BCUT2D eigenvalue weighted by atomic mass is 32.2. The Labute approximate surface area is 98.8 Å². The van der Waals surface area contributed by atoms with Gasteiger partial charge >= 0.3 is 0 Å². The highest BCUT2D eigenvalue weighted by Crippen LogP contribution is 2.46. The summed E-state index contributed by atoms with van der Waals surface area (Å²) in [7, 11) is 0. The number of nitrogens with one attached hydrogen (secondary N) is 1. The number of hydrogen-bond acceptors (Lipinski definition) is 2. The van der Waals surface area contributed by atoms with Crippen molar-refractivity contribution in [2.45, 2.75) is 69.4 Å². The van der Waals surface area contributed by atoms with E-state index in [1.807, 2.05) is 0 Å². The Balaban J connectivity index is 2.02. The maximum Gasteiger partial charge on any atom is 0.0648 e. The summed E-state index contributed by atoms with van der Waals surface area (Å²) in [6.45, 7) is 8.49. The van der Waals surface area contributed by atoms with Gasteiger partial charge in [-0.25, -0.2) is 0 Å². The minimum Gasteiger partial charge on any atom is -0.303 e. The molecule has 1 heterocycles. The van der Waals surface area contributed by atoms with E-state index in [1.165, 1.54) is 45.1 Å². The molecule has 2 atom stereocenters. The van der Waals surface area contributed by atoms with Crippen molar-refractivity contribution >= 4 is 11.8 Å². The predicted octanol–water partition coefficient (Wildman–Crippen LogP) is 3.79. The zero-order chi connectivity index (χ0) is 10.9. The Bertz CT molecular complexity index is 227. The molecule has 0 bridgehead atoms. The van der Waals surface area contributed by atoms with Gasteiger partial charge < -0.3 is 5.32 Å². The molecule has 0 amide bonds. The highest BCUT2D eigenvalue weighted by Gasteiger charge is 2.38. The van der Waals surface area contributed by atoms with Crippen molar-refractivity contribution in [1.82, 2.24) is 5.32 Å². The van der Waals surface area contributed by atoms with E-state index in [1.54, 1.807) is 0 Å². The molecule has 1 aliphatic heterocycles. The van der Waals surface area contributed by atoms with Crippen molar-refractivity contribution in [2.75, 3.05) is 6.54 Å². The summed E-state index contributed by atoms with van der Waals surface area (Å²) in [4.78, 5) is 0.436. The lowest BCUT2D eigenvalue weighted by atomic mass is 9.85. The zero-order valence-corrected chi connectivity index (χ0v) is 11.3. The average molecular weight is 227 g/mol. The fourth-order valence-electron chi connectivity index (χ4n) is 2.93. The second-order valence-corrected chi connectivity index (χ2v) is 7.98. The molecule has 0 aromatic heterocycles. The molecule has 1 saturated carbocycles. The van der Waals surface area contributed by atoms with Crippen LogP contribution < -0.4 is 5.32 Å². The van der Waals surface area contributed by atoms with E-state index in [2.05, 4.69) is 37.8 Å². The third-order valence-electron chi connectivity index (χ3n) is 4.06. The minimum absolute atomic E-state index is 0.436. The van der Waals surface area contributed by atoms with Crippen LogP contribution in [0, 0.1) is 5.41 Å². The van der Waals surface area contributed by atoms with Gasteiger partial charge in [0.1, 0.15) is 0 Å². The molecule has 2 aliphatic rings. The molecule has 15 heavy (non-hydrogen) atoms. The predicted molar refractivity (Wildman–Crippen MR) is 69.3 cm³/mol. The molecular weight excluding hydrogens is 202 g/mol. The maximum absolute atomic E-state index is 3.81. The van der Waals surface area contributed by atoms with Crippen LogP contribution >= 0.6 is 11.8 Å². The normalized spacial score (nSPS) is 41.4. The third-order valence-corrected chi connectivity index (χ3v) is 5.71.